The fraction of sp³-hybridized carbons (Fsp3) is 0.471. The fourth-order valence-corrected chi connectivity index (χ4v) is 3.90. The van der Waals surface area contributed by atoms with Gasteiger partial charge in [-0.15, -0.1) is 0 Å². The van der Waals surface area contributed by atoms with Crippen molar-refractivity contribution in [2.24, 2.45) is 10.4 Å². The summed E-state index contributed by atoms with van der Waals surface area (Å²) in [6.45, 7) is 7.10. The Kier molecular flexibility index (Phi) is 5.72. The normalized spacial score (nSPS) is 13.2. The van der Waals surface area contributed by atoms with Gasteiger partial charge in [0.05, 0.1) is 21.7 Å². The molecule has 0 aliphatic carbocycles. The first kappa shape index (κ1) is 20.3. The number of carbonyl (C=O) groups is 2. The zero-order valence-corrected chi connectivity index (χ0v) is 17.0. The molecule has 0 fully saturated rings. The molecule has 0 saturated carbocycles. The minimum Gasteiger partial charge on any atom is -0.465 e. The van der Waals surface area contributed by atoms with Crippen LogP contribution in [0.1, 0.15) is 27.7 Å². The second-order valence-corrected chi connectivity index (χ2v) is 9.87. The number of sulfone groups is 1. The number of amides is 1. The molecule has 0 unspecified atom stereocenters. The maximum Gasteiger partial charge on any atom is 0.326 e. The minimum atomic E-state index is -3.37. The van der Waals surface area contributed by atoms with Crippen LogP contribution in [0, 0.1) is 5.41 Å². The van der Waals surface area contributed by atoms with Gasteiger partial charge in [0, 0.05) is 11.7 Å². The van der Waals surface area contributed by atoms with Crippen molar-refractivity contribution in [2.45, 2.75) is 39.1 Å². The molecular weight excluding hydrogens is 376 g/mol. The second kappa shape index (κ2) is 7.32. The van der Waals surface area contributed by atoms with Crippen LogP contribution in [0.3, 0.4) is 0 Å². The van der Waals surface area contributed by atoms with Crippen LogP contribution in [0.25, 0.3) is 10.2 Å². The van der Waals surface area contributed by atoms with Gasteiger partial charge in [-0.05, 0) is 25.1 Å². The molecule has 0 N–H and O–H groups in total. The van der Waals surface area contributed by atoms with Crippen molar-refractivity contribution in [2.75, 3.05) is 12.9 Å². The van der Waals surface area contributed by atoms with Crippen molar-refractivity contribution in [3.05, 3.63) is 23.0 Å². The van der Waals surface area contributed by atoms with Crippen molar-refractivity contribution in [1.82, 2.24) is 4.57 Å². The summed E-state index contributed by atoms with van der Waals surface area (Å²) >= 11 is 1.16. The summed E-state index contributed by atoms with van der Waals surface area (Å²) in [4.78, 5) is 28.9. The number of fused-ring (bicyclic) bond motifs is 1. The highest BCUT2D eigenvalue weighted by Gasteiger charge is 2.22. The van der Waals surface area contributed by atoms with Crippen molar-refractivity contribution in [3.63, 3.8) is 0 Å². The third-order valence-electron chi connectivity index (χ3n) is 3.51. The number of ether oxygens (including phenoxy) is 1. The van der Waals surface area contributed by atoms with Gasteiger partial charge in [0.2, 0.25) is 0 Å². The first-order valence-corrected chi connectivity index (χ1v) is 10.7. The van der Waals surface area contributed by atoms with E-state index in [1.165, 1.54) is 12.1 Å². The van der Waals surface area contributed by atoms with Crippen LogP contribution < -0.4 is 4.80 Å². The molecule has 0 saturated heterocycles. The molecule has 1 heterocycles. The molecule has 2 aromatic rings. The molecule has 0 bridgehead atoms. The van der Waals surface area contributed by atoms with E-state index in [9.17, 15) is 18.0 Å². The van der Waals surface area contributed by atoms with Crippen molar-refractivity contribution < 1.29 is 22.7 Å². The molecule has 0 aliphatic heterocycles. The van der Waals surface area contributed by atoms with Gasteiger partial charge in [-0.1, -0.05) is 32.1 Å². The lowest BCUT2D eigenvalue weighted by Crippen LogP contribution is -2.26. The predicted molar refractivity (Wildman–Crippen MR) is 99.6 cm³/mol. The van der Waals surface area contributed by atoms with E-state index < -0.39 is 21.2 Å². The highest BCUT2D eigenvalue weighted by atomic mass is 32.2. The summed E-state index contributed by atoms with van der Waals surface area (Å²) in [5, 5.41) is 0. The highest BCUT2D eigenvalue weighted by molar-refractivity contribution is 7.90. The number of nitrogens with zero attached hydrogens (tertiary/aromatic N) is 2. The monoisotopic (exact) mass is 398 g/mol. The molecular formula is C17H22N2O5S2. The molecule has 9 heteroatoms. The molecule has 142 valence electrons. The molecule has 0 atom stereocenters. The van der Waals surface area contributed by atoms with E-state index in [0.29, 0.717) is 15.0 Å². The van der Waals surface area contributed by atoms with Gasteiger partial charge in [0.25, 0.3) is 5.91 Å². The minimum absolute atomic E-state index is 0.109. The molecule has 1 aromatic carbocycles. The van der Waals surface area contributed by atoms with Crippen LogP contribution in [0.5, 0.6) is 0 Å². The van der Waals surface area contributed by atoms with Crippen LogP contribution in [0.4, 0.5) is 0 Å². The summed E-state index contributed by atoms with van der Waals surface area (Å²) in [5.41, 5.74) is -0.0496. The number of hydrogen-bond donors (Lipinski definition) is 0. The number of rotatable bonds is 4. The Bertz CT molecular complexity index is 1020. The predicted octanol–water partition coefficient (Wildman–Crippen LogP) is 2.14. The third-order valence-corrected chi connectivity index (χ3v) is 5.67. The van der Waals surface area contributed by atoms with Crippen LogP contribution >= 0.6 is 11.3 Å². The Balaban J connectivity index is 2.70. The number of hydrogen-bond acceptors (Lipinski definition) is 6. The van der Waals surface area contributed by atoms with Gasteiger partial charge in [-0.3, -0.25) is 9.59 Å². The fourth-order valence-electron chi connectivity index (χ4n) is 2.11. The number of esters is 1. The van der Waals surface area contributed by atoms with Crippen molar-refractivity contribution >= 4 is 43.3 Å². The molecule has 7 nitrogen and oxygen atoms in total. The molecule has 0 aliphatic rings. The average molecular weight is 399 g/mol. The summed E-state index contributed by atoms with van der Waals surface area (Å²) < 4.78 is 30.8. The van der Waals surface area contributed by atoms with Gasteiger partial charge in [-0.25, -0.2) is 8.42 Å². The molecule has 0 radical (unpaired) electrons. The summed E-state index contributed by atoms with van der Waals surface area (Å²) in [7, 11) is -3.37. The van der Waals surface area contributed by atoms with E-state index in [4.69, 9.17) is 4.74 Å². The highest BCUT2D eigenvalue weighted by Crippen LogP contribution is 2.22. The summed E-state index contributed by atoms with van der Waals surface area (Å²) in [6.07, 6.45) is 1.13. The van der Waals surface area contributed by atoms with Crippen molar-refractivity contribution in [3.8, 4) is 0 Å². The topological polar surface area (TPSA) is 94.8 Å². The van der Waals surface area contributed by atoms with Crippen LogP contribution in [0.2, 0.25) is 0 Å². The van der Waals surface area contributed by atoms with Crippen molar-refractivity contribution in [1.29, 1.82) is 0 Å². The molecule has 1 amide bonds. The van der Waals surface area contributed by atoms with E-state index in [1.54, 1.807) is 38.3 Å². The largest absolute Gasteiger partial charge is 0.465 e. The summed E-state index contributed by atoms with van der Waals surface area (Å²) in [5.74, 6) is -0.783. The third kappa shape index (κ3) is 4.59. The maximum atomic E-state index is 12.3. The second-order valence-electron chi connectivity index (χ2n) is 6.84. The molecule has 26 heavy (non-hydrogen) atoms. The Hall–Kier alpha value is -2.00. The zero-order valence-electron chi connectivity index (χ0n) is 15.4. The van der Waals surface area contributed by atoms with Gasteiger partial charge in [0.1, 0.15) is 6.54 Å². The van der Waals surface area contributed by atoms with Gasteiger partial charge < -0.3 is 9.30 Å². The van der Waals surface area contributed by atoms with E-state index in [2.05, 4.69) is 4.99 Å². The Morgan fingerprint density at radius 1 is 1.27 bits per heavy atom. The molecule has 2 rings (SSSR count). The van der Waals surface area contributed by atoms with Crippen LogP contribution in [0.15, 0.2) is 28.1 Å². The lowest BCUT2D eigenvalue weighted by Gasteiger charge is -2.12. The first-order chi connectivity index (χ1) is 11.9. The number of benzene rings is 1. The lowest BCUT2D eigenvalue weighted by molar-refractivity contribution is -0.143. The average Bonchev–Trinajstić information content (AvgIpc) is 2.82. The van der Waals surface area contributed by atoms with E-state index >= 15 is 0 Å². The lowest BCUT2D eigenvalue weighted by atomic mass is 9.96. The van der Waals surface area contributed by atoms with E-state index in [1.807, 2.05) is 0 Å². The SMILES string of the molecule is CCOC(=O)Cn1c(=NC(=O)C(C)(C)C)sc2cc(S(C)(=O)=O)ccc21. The quantitative estimate of drug-likeness (QED) is 0.736. The van der Waals surface area contributed by atoms with Gasteiger partial charge >= 0.3 is 5.97 Å². The number of aromatic nitrogens is 1. The zero-order chi connectivity index (χ0) is 19.7. The Morgan fingerprint density at radius 3 is 2.46 bits per heavy atom. The Labute approximate surface area is 156 Å². The van der Waals surface area contributed by atoms with Gasteiger partial charge in [0.15, 0.2) is 14.6 Å². The molecule has 1 aromatic heterocycles. The van der Waals surface area contributed by atoms with E-state index in [-0.39, 0.29) is 24.0 Å². The molecule has 0 spiro atoms. The van der Waals surface area contributed by atoms with Crippen LogP contribution in [-0.4, -0.2) is 37.7 Å². The maximum absolute atomic E-state index is 12.3. The first-order valence-electron chi connectivity index (χ1n) is 8.01. The Morgan fingerprint density at radius 2 is 1.92 bits per heavy atom. The number of carbonyl (C=O) groups excluding carboxylic acids is 2. The standard InChI is InChI=1S/C17H22N2O5S2/c1-6-24-14(20)10-19-12-8-7-11(26(5,22)23)9-13(12)25-16(19)18-15(21)17(2,3)4/h7-9H,6,10H2,1-5H3. The van der Waals surface area contributed by atoms with Crippen LogP contribution in [-0.2, 0) is 30.7 Å². The smallest absolute Gasteiger partial charge is 0.326 e. The summed E-state index contributed by atoms with van der Waals surface area (Å²) in [6, 6.07) is 4.61. The van der Waals surface area contributed by atoms with E-state index in [0.717, 1.165) is 17.6 Å². The van der Waals surface area contributed by atoms with Gasteiger partial charge in [-0.2, -0.15) is 4.99 Å². The number of thiazole rings is 1.